The van der Waals surface area contributed by atoms with E-state index in [-0.39, 0.29) is 12.1 Å². The van der Waals surface area contributed by atoms with E-state index in [4.69, 9.17) is 5.11 Å². The summed E-state index contributed by atoms with van der Waals surface area (Å²) in [5, 5.41) is 11.7. The molecule has 0 spiro atoms. The van der Waals surface area contributed by atoms with Crippen LogP contribution in [0.25, 0.3) is 0 Å². The Hall–Kier alpha value is -2.18. The maximum atomic E-state index is 11.3. The lowest BCUT2D eigenvalue weighted by molar-refractivity contribution is -0.137. The molecular weight excluding hydrogens is 250 g/mol. The van der Waals surface area contributed by atoms with Crippen LogP contribution in [-0.4, -0.2) is 39.7 Å². The molecule has 19 heavy (non-hydrogen) atoms. The number of carboxylic acids is 1. The predicted octanol–water partition coefficient (Wildman–Crippen LogP) is 1.32. The molecule has 1 aromatic heterocycles. The average molecular weight is 267 g/mol. The summed E-state index contributed by atoms with van der Waals surface area (Å²) in [5.74, 6) is -1.03. The van der Waals surface area contributed by atoms with Crippen LogP contribution in [0.5, 0.6) is 0 Å². The molecule has 0 aliphatic rings. The molecule has 1 heterocycles. The van der Waals surface area contributed by atoms with E-state index in [0.717, 1.165) is 0 Å². The number of esters is 1. The van der Waals surface area contributed by atoms with Gasteiger partial charge in [0.25, 0.3) is 0 Å². The number of hydrogen-bond donors (Lipinski definition) is 2. The second-order valence-electron chi connectivity index (χ2n) is 4.68. The molecule has 2 N–H and O–H groups in total. The maximum Gasteiger partial charge on any atom is 0.358 e. The summed E-state index contributed by atoms with van der Waals surface area (Å²) in [4.78, 5) is 29.8. The highest BCUT2D eigenvalue weighted by molar-refractivity contribution is 5.87. The number of rotatable bonds is 6. The molecular formula is C12H17N3O4. The Labute approximate surface area is 111 Å². The number of nitrogens with zero attached hydrogens (tertiary/aromatic N) is 2. The maximum absolute atomic E-state index is 11.3. The normalized spacial score (nSPS) is 10.9. The van der Waals surface area contributed by atoms with Crippen LogP contribution in [0, 0.1) is 0 Å². The first-order valence-corrected chi connectivity index (χ1v) is 5.74. The number of carboxylic acid groups (broad SMARTS) is 1. The fourth-order valence-corrected chi connectivity index (χ4v) is 1.46. The summed E-state index contributed by atoms with van der Waals surface area (Å²) in [6.07, 6.45) is 3.24. The molecule has 1 aromatic rings. The molecule has 0 atom stereocenters. The van der Waals surface area contributed by atoms with E-state index >= 15 is 0 Å². The quantitative estimate of drug-likeness (QED) is 0.749. The molecule has 7 nitrogen and oxygen atoms in total. The summed E-state index contributed by atoms with van der Waals surface area (Å²) in [5.41, 5.74) is -0.372. The molecule has 0 fully saturated rings. The van der Waals surface area contributed by atoms with Crippen molar-refractivity contribution in [1.29, 1.82) is 0 Å². The van der Waals surface area contributed by atoms with Crippen molar-refractivity contribution in [3.63, 3.8) is 0 Å². The van der Waals surface area contributed by atoms with E-state index in [1.165, 1.54) is 19.5 Å². The SMILES string of the molecule is COC(=O)c1cncc(NC(C)(C)CCC(=O)O)n1. The van der Waals surface area contributed by atoms with Crippen molar-refractivity contribution in [3.05, 3.63) is 18.1 Å². The molecule has 0 aliphatic heterocycles. The van der Waals surface area contributed by atoms with Crippen LogP contribution in [0.4, 0.5) is 5.82 Å². The van der Waals surface area contributed by atoms with E-state index in [1.807, 2.05) is 13.8 Å². The van der Waals surface area contributed by atoms with Gasteiger partial charge in [0.15, 0.2) is 5.69 Å². The van der Waals surface area contributed by atoms with Crippen molar-refractivity contribution in [3.8, 4) is 0 Å². The fourth-order valence-electron chi connectivity index (χ4n) is 1.46. The second-order valence-corrected chi connectivity index (χ2v) is 4.68. The van der Waals surface area contributed by atoms with E-state index in [2.05, 4.69) is 20.0 Å². The van der Waals surface area contributed by atoms with Gasteiger partial charge in [-0.2, -0.15) is 0 Å². The van der Waals surface area contributed by atoms with Crippen LogP contribution in [0.15, 0.2) is 12.4 Å². The van der Waals surface area contributed by atoms with E-state index in [0.29, 0.717) is 12.2 Å². The number of aliphatic carboxylic acids is 1. The lowest BCUT2D eigenvalue weighted by Gasteiger charge is -2.26. The Balaban J connectivity index is 2.75. The van der Waals surface area contributed by atoms with Gasteiger partial charge < -0.3 is 15.2 Å². The van der Waals surface area contributed by atoms with Gasteiger partial charge in [-0.1, -0.05) is 0 Å². The van der Waals surface area contributed by atoms with Crippen LogP contribution in [0.3, 0.4) is 0 Å². The van der Waals surface area contributed by atoms with Gasteiger partial charge in [-0.05, 0) is 20.3 Å². The number of nitrogens with one attached hydrogen (secondary N) is 1. The number of carbonyl (C=O) groups is 2. The highest BCUT2D eigenvalue weighted by Gasteiger charge is 2.20. The number of methoxy groups -OCH3 is 1. The number of carbonyl (C=O) groups excluding carboxylic acids is 1. The van der Waals surface area contributed by atoms with Crippen molar-refractivity contribution >= 4 is 17.8 Å². The molecule has 0 saturated carbocycles. The minimum absolute atomic E-state index is 0.0458. The van der Waals surface area contributed by atoms with Crippen molar-refractivity contribution in [2.75, 3.05) is 12.4 Å². The fraction of sp³-hybridized carbons (Fsp3) is 0.500. The van der Waals surface area contributed by atoms with Crippen molar-refractivity contribution in [2.45, 2.75) is 32.2 Å². The van der Waals surface area contributed by atoms with Gasteiger partial charge in [0.2, 0.25) is 0 Å². The van der Waals surface area contributed by atoms with Crippen LogP contribution >= 0.6 is 0 Å². The van der Waals surface area contributed by atoms with Crippen LogP contribution in [0.1, 0.15) is 37.2 Å². The molecule has 104 valence electrons. The highest BCUT2D eigenvalue weighted by Crippen LogP contribution is 2.17. The largest absolute Gasteiger partial charge is 0.481 e. The topological polar surface area (TPSA) is 101 Å². The highest BCUT2D eigenvalue weighted by atomic mass is 16.5. The Morgan fingerprint density at radius 2 is 2.11 bits per heavy atom. The molecule has 0 aromatic carbocycles. The van der Waals surface area contributed by atoms with Gasteiger partial charge in [-0.15, -0.1) is 0 Å². The second kappa shape index (κ2) is 6.12. The lowest BCUT2D eigenvalue weighted by Crippen LogP contribution is -2.32. The van der Waals surface area contributed by atoms with Gasteiger partial charge >= 0.3 is 11.9 Å². The van der Waals surface area contributed by atoms with Gasteiger partial charge in [0, 0.05) is 12.0 Å². The summed E-state index contributed by atoms with van der Waals surface area (Å²) in [6.45, 7) is 3.70. The summed E-state index contributed by atoms with van der Waals surface area (Å²) in [6, 6.07) is 0. The number of hydrogen-bond acceptors (Lipinski definition) is 6. The van der Waals surface area contributed by atoms with Crippen molar-refractivity contribution < 1.29 is 19.4 Å². The number of aromatic nitrogens is 2. The zero-order valence-corrected chi connectivity index (χ0v) is 11.1. The molecule has 7 heteroatoms. The molecule has 0 radical (unpaired) electrons. The predicted molar refractivity (Wildman–Crippen MR) is 67.9 cm³/mol. The number of anilines is 1. The monoisotopic (exact) mass is 267 g/mol. The first-order chi connectivity index (χ1) is 8.84. The Morgan fingerprint density at radius 3 is 2.68 bits per heavy atom. The third-order valence-corrected chi connectivity index (χ3v) is 2.46. The first kappa shape index (κ1) is 14.9. The van der Waals surface area contributed by atoms with E-state index in [9.17, 15) is 9.59 Å². The number of ether oxygens (including phenoxy) is 1. The van der Waals surface area contributed by atoms with Crippen molar-refractivity contribution in [2.24, 2.45) is 0 Å². The van der Waals surface area contributed by atoms with Crippen molar-refractivity contribution in [1.82, 2.24) is 9.97 Å². The minimum Gasteiger partial charge on any atom is -0.481 e. The summed E-state index contributed by atoms with van der Waals surface area (Å²) >= 11 is 0. The molecule has 0 unspecified atom stereocenters. The van der Waals surface area contributed by atoms with Crippen LogP contribution < -0.4 is 5.32 Å². The molecule has 0 saturated heterocycles. The van der Waals surface area contributed by atoms with Crippen LogP contribution in [-0.2, 0) is 9.53 Å². The Kier molecular flexibility index (Phi) is 4.80. The van der Waals surface area contributed by atoms with Gasteiger partial charge in [-0.25, -0.2) is 9.78 Å². The zero-order valence-electron chi connectivity index (χ0n) is 11.1. The molecule has 0 bridgehead atoms. The average Bonchev–Trinajstić information content (AvgIpc) is 2.35. The zero-order chi connectivity index (χ0) is 14.5. The first-order valence-electron chi connectivity index (χ1n) is 5.74. The molecule has 0 amide bonds. The third-order valence-electron chi connectivity index (χ3n) is 2.46. The van der Waals surface area contributed by atoms with Gasteiger partial charge in [0.05, 0.1) is 19.5 Å². The third kappa shape index (κ3) is 4.90. The van der Waals surface area contributed by atoms with Gasteiger partial charge in [0.1, 0.15) is 5.82 Å². The summed E-state index contributed by atoms with van der Waals surface area (Å²) < 4.78 is 4.55. The Morgan fingerprint density at radius 1 is 1.42 bits per heavy atom. The molecule has 1 rings (SSSR count). The van der Waals surface area contributed by atoms with Crippen LogP contribution in [0.2, 0.25) is 0 Å². The summed E-state index contributed by atoms with van der Waals surface area (Å²) in [7, 11) is 1.26. The Bertz CT molecular complexity index is 474. The smallest absolute Gasteiger partial charge is 0.358 e. The minimum atomic E-state index is -0.857. The lowest BCUT2D eigenvalue weighted by atomic mass is 9.98. The van der Waals surface area contributed by atoms with Gasteiger partial charge in [-0.3, -0.25) is 9.78 Å². The van der Waals surface area contributed by atoms with E-state index < -0.39 is 17.5 Å². The standard InChI is InChI=1S/C12H17N3O4/c1-12(2,5-4-10(16)17)15-9-7-13-6-8(14-9)11(18)19-3/h6-7H,4-5H2,1-3H3,(H,14,15)(H,16,17). The molecule has 0 aliphatic carbocycles. The van der Waals surface area contributed by atoms with E-state index in [1.54, 1.807) is 0 Å².